The fourth-order valence-corrected chi connectivity index (χ4v) is 4.58. The molecule has 0 aliphatic carbocycles. The van der Waals surface area contributed by atoms with Crippen LogP contribution < -0.4 is 14.3 Å². The van der Waals surface area contributed by atoms with Crippen LogP contribution in [-0.4, -0.2) is 29.2 Å². The van der Waals surface area contributed by atoms with Gasteiger partial charge in [-0.25, -0.2) is 4.68 Å². The molecule has 0 atom stereocenters. The van der Waals surface area contributed by atoms with Gasteiger partial charge in [-0.05, 0) is 30.2 Å². The molecule has 4 aromatic rings. The molecule has 35 heavy (non-hydrogen) atoms. The summed E-state index contributed by atoms with van der Waals surface area (Å²) in [6.45, 7) is 0.599. The Morgan fingerprint density at radius 3 is 2.57 bits per heavy atom. The van der Waals surface area contributed by atoms with E-state index in [1.165, 1.54) is 29.2 Å². The van der Waals surface area contributed by atoms with Crippen LogP contribution in [0, 0.1) is 10.1 Å². The maximum Gasteiger partial charge on any atom is 0.282 e. The van der Waals surface area contributed by atoms with E-state index in [0.717, 1.165) is 17.7 Å². The van der Waals surface area contributed by atoms with Crippen LogP contribution in [0.5, 0.6) is 11.5 Å². The van der Waals surface area contributed by atoms with Gasteiger partial charge in [-0.15, -0.1) is 11.3 Å². The van der Waals surface area contributed by atoms with Gasteiger partial charge >= 0.3 is 0 Å². The molecule has 8 nitrogen and oxygen atoms in total. The standard InChI is InChI=1S/C25H19ClN4O4S/c26-20-8-6-18(7-9-20)22-15-35-25(27-11-10-17-4-2-1-3-5-17)29(22)28-14-19-12-23-24(34-16-33-23)13-21(19)30(31)32/h1-9,12-15H,10-11,16H2. The topological polar surface area (TPSA) is 91.2 Å². The normalized spacial score (nSPS) is 13.0. The Morgan fingerprint density at radius 2 is 1.83 bits per heavy atom. The second-order valence-corrected chi connectivity index (χ2v) is 8.88. The zero-order valence-corrected chi connectivity index (χ0v) is 19.9. The Hall–Kier alpha value is -3.95. The zero-order chi connectivity index (χ0) is 24.2. The second-order valence-electron chi connectivity index (χ2n) is 7.61. The van der Waals surface area contributed by atoms with Crippen molar-refractivity contribution in [2.24, 2.45) is 10.1 Å². The van der Waals surface area contributed by atoms with Gasteiger partial charge in [0.05, 0.1) is 28.5 Å². The van der Waals surface area contributed by atoms with Gasteiger partial charge < -0.3 is 9.47 Å². The predicted octanol–water partition coefficient (Wildman–Crippen LogP) is 5.53. The molecule has 1 aliphatic heterocycles. The first-order valence-corrected chi connectivity index (χ1v) is 12.0. The van der Waals surface area contributed by atoms with Crippen molar-refractivity contribution in [1.29, 1.82) is 0 Å². The van der Waals surface area contributed by atoms with E-state index < -0.39 is 4.92 Å². The molecular formula is C25H19ClN4O4S. The Morgan fingerprint density at radius 1 is 1.09 bits per heavy atom. The van der Waals surface area contributed by atoms with Gasteiger partial charge in [0.25, 0.3) is 5.69 Å². The number of nitro benzene ring substituents is 1. The smallest absolute Gasteiger partial charge is 0.282 e. The first kappa shape index (κ1) is 22.8. The van der Waals surface area contributed by atoms with Crippen molar-refractivity contribution < 1.29 is 14.4 Å². The number of thiazole rings is 1. The molecule has 0 amide bonds. The highest BCUT2D eigenvalue weighted by molar-refractivity contribution is 7.07. The SMILES string of the molecule is O=[N+]([O-])c1cc2c(cc1C=Nn1c(-c3ccc(Cl)cc3)csc1=NCCc1ccccc1)OCO2. The lowest BCUT2D eigenvalue weighted by atomic mass is 10.1. The molecule has 1 aromatic heterocycles. The summed E-state index contributed by atoms with van der Waals surface area (Å²) in [6, 6.07) is 20.4. The van der Waals surface area contributed by atoms with Crippen molar-refractivity contribution in [2.75, 3.05) is 13.3 Å². The van der Waals surface area contributed by atoms with Crippen LogP contribution in [0.25, 0.3) is 11.3 Å². The zero-order valence-electron chi connectivity index (χ0n) is 18.3. The van der Waals surface area contributed by atoms with Gasteiger partial charge in [0.1, 0.15) is 0 Å². The van der Waals surface area contributed by atoms with Crippen LogP contribution in [0.15, 0.2) is 82.2 Å². The molecule has 0 N–H and O–H groups in total. The first-order valence-electron chi connectivity index (χ1n) is 10.7. The Kier molecular flexibility index (Phi) is 6.60. The minimum absolute atomic E-state index is 0.0253. The summed E-state index contributed by atoms with van der Waals surface area (Å²) in [5.41, 5.74) is 3.06. The number of hydrogen-bond acceptors (Lipinski definition) is 7. The summed E-state index contributed by atoms with van der Waals surface area (Å²) in [7, 11) is 0. The predicted molar refractivity (Wildman–Crippen MR) is 136 cm³/mol. The lowest BCUT2D eigenvalue weighted by Gasteiger charge is -2.05. The molecular weight excluding hydrogens is 488 g/mol. The molecule has 0 saturated heterocycles. The van der Waals surface area contributed by atoms with Crippen LogP contribution in [0.3, 0.4) is 0 Å². The highest BCUT2D eigenvalue weighted by Crippen LogP contribution is 2.37. The van der Waals surface area contributed by atoms with E-state index in [0.29, 0.717) is 33.4 Å². The van der Waals surface area contributed by atoms with Crippen LogP contribution in [0.4, 0.5) is 5.69 Å². The number of hydrogen-bond donors (Lipinski definition) is 0. The fraction of sp³-hybridized carbons (Fsp3) is 0.120. The van der Waals surface area contributed by atoms with Crippen LogP contribution in [0.1, 0.15) is 11.1 Å². The van der Waals surface area contributed by atoms with Crippen molar-refractivity contribution in [1.82, 2.24) is 4.68 Å². The minimum Gasteiger partial charge on any atom is -0.454 e. The second kappa shape index (κ2) is 10.1. The molecule has 0 bridgehead atoms. The number of nitrogens with zero attached hydrogens (tertiary/aromatic N) is 4. The molecule has 10 heteroatoms. The average Bonchev–Trinajstić information content (AvgIpc) is 3.49. The third-order valence-electron chi connectivity index (χ3n) is 5.35. The van der Waals surface area contributed by atoms with Gasteiger partial charge in [0, 0.05) is 22.5 Å². The van der Waals surface area contributed by atoms with E-state index in [1.807, 2.05) is 35.7 Å². The molecule has 5 rings (SSSR count). The molecule has 0 radical (unpaired) electrons. The highest BCUT2D eigenvalue weighted by Gasteiger charge is 2.22. The molecule has 176 valence electrons. The number of aromatic nitrogens is 1. The van der Waals surface area contributed by atoms with Crippen LogP contribution in [0.2, 0.25) is 5.02 Å². The van der Waals surface area contributed by atoms with Crippen molar-refractivity contribution in [3.63, 3.8) is 0 Å². The Balaban J connectivity index is 1.54. The molecule has 0 unspecified atom stereocenters. The number of rotatable bonds is 7. The van der Waals surface area contributed by atoms with E-state index in [9.17, 15) is 10.1 Å². The van der Waals surface area contributed by atoms with Gasteiger partial charge in [-0.2, -0.15) is 5.10 Å². The average molecular weight is 507 g/mol. The van der Waals surface area contributed by atoms with Crippen molar-refractivity contribution in [2.45, 2.75) is 6.42 Å². The highest BCUT2D eigenvalue weighted by atomic mass is 35.5. The van der Waals surface area contributed by atoms with E-state index in [4.69, 9.17) is 26.1 Å². The largest absolute Gasteiger partial charge is 0.454 e. The summed E-state index contributed by atoms with van der Waals surface area (Å²) in [4.78, 5) is 16.6. The van der Waals surface area contributed by atoms with Gasteiger partial charge in [0.2, 0.25) is 11.6 Å². The minimum atomic E-state index is -0.465. The number of ether oxygens (including phenoxy) is 2. The number of nitro groups is 1. The molecule has 0 saturated carbocycles. The van der Waals surface area contributed by atoms with Crippen molar-refractivity contribution in [3.8, 4) is 22.8 Å². The van der Waals surface area contributed by atoms with E-state index >= 15 is 0 Å². The molecule has 3 aromatic carbocycles. The van der Waals surface area contributed by atoms with Gasteiger partial charge in [-0.1, -0.05) is 54.1 Å². The van der Waals surface area contributed by atoms with Crippen LogP contribution in [-0.2, 0) is 6.42 Å². The molecule has 0 fully saturated rings. The summed E-state index contributed by atoms with van der Waals surface area (Å²) in [6.07, 6.45) is 2.23. The number of fused-ring (bicyclic) bond motifs is 1. The monoisotopic (exact) mass is 506 g/mol. The maximum absolute atomic E-state index is 11.7. The molecule has 0 spiro atoms. The van der Waals surface area contributed by atoms with Gasteiger partial charge in [-0.3, -0.25) is 15.1 Å². The third-order valence-corrected chi connectivity index (χ3v) is 6.45. The Labute approximate surface area is 209 Å². The van der Waals surface area contributed by atoms with Crippen LogP contribution >= 0.6 is 22.9 Å². The number of halogens is 1. The molecule has 2 heterocycles. The quantitative estimate of drug-likeness (QED) is 0.187. The van der Waals surface area contributed by atoms with Crippen molar-refractivity contribution >= 4 is 34.8 Å². The fourth-order valence-electron chi connectivity index (χ4n) is 3.59. The summed E-state index contributed by atoms with van der Waals surface area (Å²) < 4.78 is 12.4. The van der Waals surface area contributed by atoms with E-state index in [-0.39, 0.29) is 12.5 Å². The summed E-state index contributed by atoms with van der Waals surface area (Å²) in [5.74, 6) is 0.786. The molecule has 1 aliphatic rings. The van der Waals surface area contributed by atoms with E-state index in [2.05, 4.69) is 17.2 Å². The van der Waals surface area contributed by atoms with Gasteiger partial charge in [0.15, 0.2) is 11.5 Å². The van der Waals surface area contributed by atoms with E-state index in [1.54, 1.807) is 22.9 Å². The maximum atomic E-state index is 11.7. The lowest BCUT2D eigenvalue weighted by Crippen LogP contribution is -2.13. The Bertz CT molecular complexity index is 1460. The van der Waals surface area contributed by atoms with Crippen molar-refractivity contribution in [3.05, 3.63) is 103 Å². The lowest BCUT2D eigenvalue weighted by molar-refractivity contribution is -0.385. The first-order chi connectivity index (χ1) is 17.1. The number of benzene rings is 3. The third kappa shape index (κ3) is 5.11. The summed E-state index contributed by atoms with van der Waals surface area (Å²) >= 11 is 7.51. The summed E-state index contributed by atoms with van der Waals surface area (Å²) in [5, 5.41) is 18.8.